The zero-order chi connectivity index (χ0) is 43.8. The first-order valence-electron chi connectivity index (χ1n) is 19.5. The Morgan fingerprint density at radius 2 is 1.24 bits per heavy atom. The SMILES string of the molecule is COc1ccc(CNCc2c[nH]c3c(C(N)=O)ccc(-c4cccc(NC(=O)c5nccs5)c4C)c23)cc1.COc1ccc(CNCc2c[nH]c3c(C(N)=O)ccc(Br)c23)cc1. The summed E-state index contributed by atoms with van der Waals surface area (Å²) in [7, 11) is 3.30. The van der Waals surface area contributed by atoms with Gasteiger partial charge in [0.15, 0.2) is 5.01 Å². The predicted octanol–water partition coefficient (Wildman–Crippen LogP) is 8.58. The number of amides is 3. The Morgan fingerprint density at radius 3 is 1.77 bits per heavy atom. The first kappa shape index (κ1) is 43.3. The zero-order valence-electron chi connectivity index (χ0n) is 34.2. The van der Waals surface area contributed by atoms with Gasteiger partial charge in [0.2, 0.25) is 0 Å². The van der Waals surface area contributed by atoms with E-state index in [1.165, 1.54) is 16.9 Å². The molecule has 0 spiro atoms. The summed E-state index contributed by atoms with van der Waals surface area (Å²) in [6.45, 7) is 4.62. The van der Waals surface area contributed by atoms with Gasteiger partial charge in [0.1, 0.15) is 11.5 Å². The Balaban J connectivity index is 0.000000207. The zero-order valence-corrected chi connectivity index (χ0v) is 36.6. The van der Waals surface area contributed by atoms with Crippen LogP contribution < -0.4 is 36.9 Å². The third-order valence-corrected chi connectivity index (χ3v) is 11.9. The minimum absolute atomic E-state index is 0.250. The number of methoxy groups -OCH3 is 2. The molecular weight excluding hydrogens is 869 g/mol. The topological polar surface area (TPSA) is 202 Å². The number of hydrogen-bond donors (Lipinski definition) is 7. The van der Waals surface area contributed by atoms with Crippen LogP contribution in [0.1, 0.15) is 58.3 Å². The third-order valence-electron chi connectivity index (χ3n) is 10.4. The first-order valence-corrected chi connectivity index (χ1v) is 21.2. The highest BCUT2D eigenvalue weighted by Gasteiger charge is 2.19. The molecule has 0 radical (unpaired) electrons. The molecule has 0 saturated carbocycles. The summed E-state index contributed by atoms with van der Waals surface area (Å²) >= 11 is 4.84. The Bertz CT molecular complexity index is 2860. The van der Waals surface area contributed by atoms with Crippen LogP contribution in [0.5, 0.6) is 11.5 Å². The number of hydrogen-bond acceptors (Lipinski definition) is 9. The van der Waals surface area contributed by atoms with Gasteiger partial charge in [-0.1, -0.05) is 58.4 Å². The lowest BCUT2D eigenvalue weighted by Gasteiger charge is -2.15. The second-order valence-electron chi connectivity index (χ2n) is 14.3. The molecule has 9 N–H and O–H groups in total. The van der Waals surface area contributed by atoms with Crippen LogP contribution in [0.4, 0.5) is 5.69 Å². The molecule has 5 aromatic carbocycles. The molecule has 0 aliphatic rings. The second kappa shape index (κ2) is 19.7. The van der Waals surface area contributed by atoms with Crippen molar-refractivity contribution in [1.29, 1.82) is 0 Å². The van der Waals surface area contributed by atoms with E-state index in [1.54, 1.807) is 37.9 Å². The summed E-state index contributed by atoms with van der Waals surface area (Å²) in [4.78, 5) is 46.9. The molecule has 3 aromatic heterocycles. The summed E-state index contributed by atoms with van der Waals surface area (Å²) < 4.78 is 11.3. The monoisotopic (exact) mass is 912 g/mol. The third kappa shape index (κ3) is 9.72. The van der Waals surface area contributed by atoms with Crippen LogP contribution >= 0.6 is 27.3 Å². The van der Waals surface area contributed by atoms with Gasteiger partial charge in [0, 0.05) is 71.1 Å². The van der Waals surface area contributed by atoms with Crippen LogP contribution in [-0.4, -0.2) is 46.9 Å². The van der Waals surface area contributed by atoms with E-state index < -0.39 is 11.8 Å². The van der Waals surface area contributed by atoms with Gasteiger partial charge >= 0.3 is 0 Å². The molecule has 8 aromatic rings. The van der Waals surface area contributed by atoms with Gasteiger partial charge in [-0.2, -0.15) is 0 Å². The lowest BCUT2D eigenvalue weighted by atomic mass is 9.93. The van der Waals surface area contributed by atoms with E-state index in [4.69, 9.17) is 20.9 Å². The molecule has 15 heteroatoms. The predicted molar refractivity (Wildman–Crippen MR) is 249 cm³/mol. The number of nitrogens with zero attached hydrogens (tertiary/aromatic N) is 1. The number of benzene rings is 5. The van der Waals surface area contributed by atoms with Crippen LogP contribution in [0.25, 0.3) is 32.9 Å². The fourth-order valence-electron chi connectivity index (χ4n) is 7.25. The van der Waals surface area contributed by atoms with Gasteiger partial charge in [-0.25, -0.2) is 4.98 Å². The highest BCUT2D eigenvalue weighted by atomic mass is 79.9. The Morgan fingerprint density at radius 1 is 0.694 bits per heavy atom. The van der Waals surface area contributed by atoms with Crippen LogP contribution in [0.3, 0.4) is 0 Å². The maximum absolute atomic E-state index is 12.7. The van der Waals surface area contributed by atoms with Crippen molar-refractivity contribution in [3.8, 4) is 22.6 Å². The number of anilines is 1. The summed E-state index contributed by atoms with van der Waals surface area (Å²) in [5.41, 5.74) is 21.4. The van der Waals surface area contributed by atoms with Crippen molar-refractivity contribution in [1.82, 2.24) is 25.6 Å². The minimum Gasteiger partial charge on any atom is -0.497 e. The molecule has 0 aliphatic heterocycles. The average molecular weight is 914 g/mol. The molecule has 3 heterocycles. The molecule has 13 nitrogen and oxygen atoms in total. The number of aromatic amines is 2. The fourth-order valence-corrected chi connectivity index (χ4v) is 8.36. The minimum atomic E-state index is -0.498. The normalized spacial score (nSPS) is 11.0. The molecule has 0 fully saturated rings. The smallest absolute Gasteiger partial charge is 0.284 e. The van der Waals surface area contributed by atoms with Crippen LogP contribution in [0.15, 0.2) is 119 Å². The molecule has 0 saturated heterocycles. The van der Waals surface area contributed by atoms with E-state index in [-0.39, 0.29) is 5.91 Å². The lowest BCUT2D eigenvalue weighted by Crippen LogP contribution is -2.14. The Hall–Kier alpha value is -6.78. The van der Waals surface area contributed by atoms with Crippen molar-refractivity contribution < 1.29 is 23.9 Å². The van der Waals surface area contributed by atoms with E-state index >= 15 is 0 Å². The standard InChI is InChI=1S/C29H27N5O3S.C18H18BrN3O2/c1-17-21(4-3-5-24(17)34-28(36)29-32-12-13-38-29)22-10-11-23(27(30)35)26-25(22)19(16-33-26)15-31-14-18-6-8-20(37-2)9-7-18;1-24-13-4-2-11(3-5-13)8-21-9-12-10-22-17-14(18(20)23)6-7-15(19)16(12)17/h3-13,16,31,33H,14-15H2,1-2H3,(H2,30,35)(H,34,36);2-7,10,21-22H,8-9H2,1H3,(H2,20,23). The van der Waals surface area contributed by atoms with Crippen molar-refractivity contribution >= 4 is 72.5 Å². The molecule has 8 rings (SSSR count). The fraction of sp³-hybridized carbons (Fsp3) is 0.149. The Labute approximate surface area is 370 Å². The highest BCUT2D eigenvalue weighted by Crippen LogP contribution is 2.37. The maximum atomic E-state index is 12.7. The van der Waals surface area contributed by atoms with E-state index in [0.29, 0.717) is 47.0 Å². The summed E-state index contributed by atoms with van der Waals surface area (Å²) in [6.07, 6.45) is 5.42. The average Bonchev–Trinajstić information content (AvgIpc) is 4.07. The summed E-state index contributed by atoms with van der Waals surface area (Å²) in [6, 6.07) is 28.9. The number of ether oxygens (including phenoxy) is 2. The summed E-state index contributed by atoms with van der Waals surface area (Å²) in [5, 5.41) is 13.9. The number of nitrogens with two attached hydrogens (primary N) is 2. The number of carbonyl (C=O) groups excluding carboxylic acids is 3. The van der Waals surface area contributed by atoms with E-state index in [9.17, 15) is 14.4 Å². The number of carbonyl (C=O) groups is 3. The molecule has 0 atom stereocenters. The van der Waals surface area contributed by atoms with Gasteiger partial charge in [0.25, 0.3) is 17.7 Å². The second-order valence-corrected chi connectivity index (χ2v) is 16.0. The van der Waals surface area contributed by atoms with Crippen molar-refractivity contribution in [2.24, 2.45) is 11.5 Å². The number of thiazole rings is 1. The number of halogens is 1. The van der Waals surface area contributed by atoms with Gasteiger partial charge in [-0.05, 0) is 94.4 Å². The van der Waals surface area contributed by atoms with E-state index in [1.807, 2.05) is 98.2 Å². The van der Waals surface area contributed by atoms with Gasteiger partial charge in [-0.3, -0.25) is 14.4 Å². The molecular formula is C47H45BrN8O5S. The van der Waals surface area contributed by atoms with Crippen molar-refractivity contribution in [2.45, 2.75) is 33.1 Å². The Kier molecular flexibility index (Phi) is 13.8. The molecule has 3 amide bonds. The van der Waals surface area contributed by atoms with E-state index in [2.05, 4.69) is 46.8 Å². The lowest BCUT2D eigenvalue weighted by molar-refractivity contribution is 0.0993. The van der Waals surface area contributed by atoms with Crippen LogP contribution in [0.2, 0.25) is 0 Å². The van der Waals surface area contributed by atoms with Gasteiger partial charge in [0.05, 0.1) is 36.4 Å². The van der Waals surface area contributed by atoms with E-state index in [0.717, 1.165) is 72.2 Å². The largest absolute Gasteiger partial charge is 0.497 e. The molecule has 0 aliphatic carbocycles. The van der Waals surface area contributed by atoms with Crippen LogP contribution in [0, 0.1) is 6.92 Å². The number of fused-ring (bicyclic) bond motifs is 2. The number of aromatic nitrogens is 3. The van der Waals surface area contributed by atoms with Gasteiger partial charge in [-0.15, -0.1) is 11.3 Å². The van der Waals surface area contributed by atoms with Crippen molar-refractivity contribution in [3.05, 3.63) is 163 Å². The highest BCUT2D eigenvalue weighted by molar-refractivity contribution is 9.10. The van der Waals surface area contributed by atoms with Gasteiger partial charge < -0.3 is 46.9 Å². The molecule has 62 heavy (non-hydrogen) atoms. The number of primary amides is 2. The molecule has 0 bridgehead atoms. The number of H-pyrrole nitrogens is 2. The molecule has 316 valence electrons. The number of rotatable bonds is 15. The first-order chi connectivity index (χ1) is 30.1. The molecule has 0 unspecified atom stereocenters. The summed E-state index contributed by atoms with van der Waals surface area (Å²) in [5.74, 6) is 0.474. The number of nitrogens with one attached hydrogen (secondary N) is 5. The van der Waals surface area contributed by atoms with Crippen molar-refractivity contribution in [2.75, 3.05) is 19.5 Å². The quantitative estimate of drug-likeness (QED) is 0.0530. The van der Waals surface area contributed by atoms with Crippen LogP contribution in [-0.2, 0) is 26.2 Å². The maximum Gasteiger partial charge on any atom is 0.284 e. The van der Waals surface area contributed by atoms with Crippen molar-refractivity contribution in [3.63, 3.8) is 0 Å².